The fourth-order valence-electron chi connectivity index (χ4n) is 1.46. The third-order valence-electron chi connectivity index (χ3n) is 3.19. The summed E-state index contributed by atoms with van der Waals surface area (Å²) < 4.78 is 0. The van der Waals surface area contributed by atoms with Crippen LogP contribution in [0.3, 0.4) is 0 Å². The molecule has 0 spiro atoms. The van der Waals surface area contributed by atoms with Crippen LogP contribution in [0.2, 0.25) is 0 Å². The number of carbonyl (C=O) groups excluding carboxylic acids is 1. The molecule has 0 aliphatic rings. The molecule has 0 saturated carbocycles. The van der Waals surface area contributed by atoms with Crippen molar-refractivity contribution in [2.75, 3.05) is 5.32 Å². The van der Waals surface area contributed by atoms with E-state index >= 15 is 0 Å². The van der Waals surface area contributed by atoms with Crippen molar-refractivity contribution in [2.45, 2.75) is 27.7 Å². The van der Waals surface area contributed by atoms with Crippen LogP contribution < -0.4 is 11.1 Å². The van der Waals surface area contributed by atoms with Gasteiger partial charge < -0.3 is 11.1 Å². The Morgan fingerprint density at radius 1 is 1.33 bits per heavy atom. The molecule has 1 unspecified atom stereocenters. The quantitative estimate of drug-likeness (QED) is 0.822. The molecule has 0 saturated heterocycles. The third kappa shape index (κ3) is 3.53. The SMILES string of the molecule is Cc1ccc(C(N)=S)cc1NC(=O)C(C)C(C)C. The van der Waals surface area contributed by atoms with Crippen molar-refractivity contribution in [1.29, 1.82) is 0 Å². The summed E-state index contributed by atoms with van der Waals surface area (Å²) >= 11 is 4.94. The summed E-state index contributed by atoms with van der Waals surface area (Å²) in [6, 6.07) is 5.59. The van der Waals surface area contributed by atoms with E-state index in [1.807, 2.05) is 45.9 Å². The standard InChI is InChI=1S/C14H20N2OS/c1-8(2)10(4)14(17)16-12-7-11(13(15)18)6-5-9(12)3/h5-8,10H,1-4H3,(H2,15,18)(H,16,17). The van der Waals surface area contributed by atoms with E-state index in [0.29, 0.717) is 10.9 Å². The van der Waals surface area contributed by atoms with Gasteiger partial charge in [-0.05, 0) is 24.5 Å². The molecule has 1 aromatic carbocycles. The van der Waals surface area contributed by atoms with Crippen LogP contribution in [0, 0.1) is 18.8 Å². The molecule has 3 N–H and O–H groups in total. The topological polar surface area (TPSA) is 55.1 Å². The molecular weight excluding hydrogens is 244 g/mol. The molecule has 0 radical (unpaired) electrons. The molecule has 4 heteroatoms. The van der Waals surface area contributed by atoms with Gasteiger partial charge in [0.1, 0.15) is 4.99 Å². The van der Waals surface area contributed by atoms with Crippen LogP contribution in [0.4, 0.5) is 5.69 Å². The number of rotatable bonds is 4. The average molecular weight is 264 g/mol. The van der Waals surface area contributed by atoms with Crippen molar-refractivity contribution >= 4 is 28.8 Å². The lowest BCUT2D eigenvalue weighted by Crippen LogP contribution is -2.25. The smallest absolute Gasteiger partial charge is 0.227 e. The first-order valence-electron chi connectivity index (χ1n) is 6.04. The van der Waals surface area contributed by atoms with E-state index in [0.717, 1.165) is 16.8 Å². The highest BCUT2D eigenvalue weighted by Gasteiger charge is 2.17. The molecule has 0 bridgehead atoms. The minimum absolute atomic E-state index is 0.0215. The number of anilines is 1. The van der Waals surface area contributed by atoms with Crippen LogP contribution in [0.1, 0.15) is 31.9 Å². The largest absolute Gasteiger partial charge is 0.389 e. The summed E-state index contributed by atoms with van der Waals surface area (Å²) in [4.78, 5) is 12.3. The van der Waals surface area contributed by atoms with Gasteiger partial charge in [-0.3, -0.25) is 4.79 Å². The maximum atomic E-state index is 12.0. The molecule has 0 aliphatic carbocycles. The van der Waals surface area contributed by atoms with Gasteiger partial charge >= 0.3 is 0 Å². The second-order valence-corrected chi connectivity index (χ2v) is 5.36. The van der Waals surface area contributed by atoms with Gasteiger partial charge in [-0.2, -0.15) is 0 Å². The first kappa shape index (κ1) is 14.6. The molecule has 0 fully saturated rings. The van der Waals surface area contributed by atoms with Crippen molar-refractivity contribution in [3.63, 3.8) is 0 Å². The number of nitrogens with one attached hydrogen (secondary N) is 1. The van der Waals surface area contributed by atoms with Crippen LogP contribution in [0.15, 0.2) is 18.2 Å². The first-order chi connectivity index (χ1) is 8.32. The molecule has 1 amide bonds. The Morgan fingerprint density at radius 2 is 1.94 bits per heavy atom. The Hall–Kier alpha value is -1.42. The van der Waals surface area contributed by atoms with Gasteiger partial charge in [-0.1, -0.05) is 45.1 Å². The second-order valence-electron chi connectivity index (χ2n) is 4.92. The fraction of sp³-hybridized carbons (Fsp3) is 0.429. The zero-order valence-corrected chi connectivity index (χ0v) is 12.1. The second kappa shape index (κ2) is 5.96. The molecule has 3 nitrogen and oxygen atoms in total. The maximum Gasteiger partial charge on any atom is 0.227 e. The van der Waals surface area contributed by atoms with Crippen LogP contribution >= 0.6 is 12.2 Å². The molecule has 1 atom stereocenters. The molecule has 18 heavy (non-hydrogen) atoms. The summed E-state index contributed by atoms with van der Waals surface area (Å²) in [5, 5.41) is 2.93. The van der Waals surface area contributed by atoms with Gasteiger partial charge in [-0.25, -0.2) is 0 Å². The predicted octanol–water partition coefficient (Wildman–Crippen LogP) is 2.86. The summed E-state index contributed by atoms with van der Waals surface area (Å²) in [6.07, 6.45) is 0. The number of amides is 1. The van der Waals surface area contributed by atoms with E-state index in [9.17, 15) is 4.79 Å². The Balaban J connectivity index is 2.93. The van der Waals surface area contributed by atoms with Crippen LogP contribution in [0.25, 0.3) is 0 Å². The van der Waals surface area contributed by atoms with Gasteiger partial charge in [0, 0.05) is 17.2 Å². The van der Waals surface area contributed by atoms with E-state index in [1.165, 1.54) is 0 Å². The van der Waals surface area contributed by atoms with Gasteiger partial charge in [0.15, 0.2) is 0 Å². The van der Waals surface area contributed by atoms with E-state index in [4.69, 9.17) is 18.0 Å². The highest BCUT2D eigenvalue weighted by molar-refractivity contribution is 7.80. The lowest BCUT2D eigenvalue weighted by molar-refractivity contribution is -0.120. The lowest BCUT2D eigenvalue weighted by Gasteiger charge is -2.17. The number of aryl methyl sites for hydroxylation is 1. The highest BCUT2D eigenvalue weighted by Crippen LogP contribution is 2.19. The summed E-state index contributed by atoms with van der Waals surface area (Å²) in [6.45, 7) is 7.93. The van der Waals surface area contributed by atoms with E-state index in [2.05, 4.69) is 5.32 Å². The molecular formula is C14H20N2OS. The number of carbonyl (C=O) groups is 1. The maximum absolute atomic E-state index is 12.0. The number of hydrogen-bond acceptors (Lipinski definition) is 2. The van der Waals surface area contributed by atoms with Crippen molar-refractivity contribution in [1.82, 2.24) is 0 Å². The van der Waals surface area contributed by atoms with Crippen molar-refractivity contribution in [2.24, 2.45) is 17.6 Å². The van der Waals surface area contributed by atoms with Crippen molar-refractivity contribution in [3.8, 4) is 0 Å². The predicted molar refractivity (Wildman–Crippen MR) is 79.7 cm³/mol. The number of hydrogen-bond donors (Lipinski definition) is 2. The van der Waals surface area contributed by atoms with Crippen LogP contribution in [-0.4, -0.2) is 10.9 Å². The minimum atomic E-state index is -0.0297. The van der Waals surface area contributed by atoms with Crippen molar-refractivity contribution < 1.29 is 4.79 Å². The number of nitrogens with two attached hydrogens (primary N) is 1. The zero-order valence-electron chi connectivity index (χ0n) is 11.3. The van der Waals surface area contributed by atoms with Crippen molar-refractivity contribution in [3.05, 3.63) is 29.3 Å². The molecule has 0 aromatic heterocycles. The van der Waals surface area contributed by atoms with Crippen LogP contribution in [-0.2, 0) is 4.79 Å². The Morgan fingerprint density at radius 3 is 2.44 bits per heavy atom. The van der Waals surface area contributed by atoms with Gasteiger partial charge in [0.05, 0.1) is 0 Å². The van der Waals surface area contributed by atoms with Gasteiger partial charge in [0.2, 0.25) is 5.91 Å². The summed E-state index contributed by atoms with van der Waals surface area (Å²) in [7, 11) is 0. The van der Waals surface area contributed by atoms with Gasteiger partial charge in [-0.15, -0.1) is 0 Å². The lowest BCUT2D eigenvalue weighted by atomic mass is 9.97. The fourth-order valence-corrected chi connectivity index (χ4v) is 1.59. The minimum Gasteiger partial charge on any atom is -0.389 e. The van der Waals surface area contributed by atoms with Gasteiger partial charge in [0.25, 0.3) is 0 Å². The average Bonchev–Trinajstić information content (AvgIpc) is 2.30. The van der Waals surface area contributed by atoms with Crippen LogP contribution in [0.5, 0.6) is 0 Å². The Bertz CT molecular complexity index is 469. The number of benzene rings is 1. The summed E-state index contributed by atoms with van der Waals surface area (Å²) in [5.74, 6) is 0.301. The normalized spacial score (nSPS) is 12.3. The highest BCUT2D eigenvalue weighted by atomic mass is 32.1. The molecule has 98 valence electrons. The van der Waals surface area contributed by atoms with E-state index in [1.54, 1.807) is 0 Å². The Labute approximate surface area is 114 Å². The Kier molecular flexibility index (Phi) is 4.84. The summed E-state index contributed by atoms with van der Waals surface area (Å²) in [5.41, 5.74) is 8.13. The van der Waals surface area contributed by atoms with E-state index in [-0.39, 0.29) is 11.8 Å². The zero-order chi connectivity index (χ0) is 13.9. The van der Waals surface area contributed by atoms with E-state index < -0.39 is 0 Å². The molecule has 0 heterocycles. The molecule has 1 aromatic rings. The molecule has 1 rings (SSSR count). The monoisotopic (exact) mass is 264 g/mol. The molecule has 0 aliphatic heterocycles. The number of thiocarbonyl (C=S) groups is 1. The third-order valence-corrected chi connectivity index (χ3v) is 3.43. The first-order valence-corrected chi connectivity index (χ1v) is 6.45.